The van der Waals surface area contributed by atoms with Crippen LogP contribution in [0.2, 0.25) is 0 Å². The van der Waals surface area contributed by atoms with E-state index < -0.39 is 6.04 Å². The van der Waals surface area contributed by atoms with Gasteiger partial charge in [0.15, 0.2) is 11.5 Å². The van der Waals surface area contributed by atoms with Crippen molar-refractivity contribution in [2.75, 3.05) is 28.0 Å². The Kier molecular flexibility index (Phi) is 5.20. The van der Waals surface area contributed by atoms with E-state index in [2.05, 4.69) is 15.5 Å². The summed E-state index contributed by atoms with van der Waals surface area (Å²) in [5.41, 5.74) is 2.46. The van der Waals surface area contributed by atoms with E-state index >= 15 is 0 Å². The minimum atomic E-state index is -0.434. The molecule has 1 atom stereocenters. The van der Waals surface area contributed by atoms with Crippen molar-refractivity contribution in [3.05, 3.63) is 41.2 Å². The minimum absolute atomic E-state index is 0.105. The molecule has 1 aliphatic rings. The van der Waals surface area contributed by atoms with Crippen LogP contribution in [0.4, 0.5) is 0 Å². The van der Waals surface area contributed by atoms with Crippen LogP contribution in [0.25, 0.3) is 0 Å². The van der Waals surface area contributed by atoms with Gasteiger partial charge in [-0.2, -0.15) is 5.10 Å². The maximum atomic E-state index is 12.7. The number of hydrogen-bond donors (Lipinski definition) is 2. The van der Waals surface area contributed by atoms with Crippen molar-refractivity contribution in [2.24, 2.45) is 0 Å². The molecule has 0 aliphatic carbocycles. The van der Waals surface area contributed by atoms with Crippen LogP contribution >= 0.6 is 0 Å². The Labute approximate surface area is 146 Å². The topological polar surface area (TPSA) is 88.7 Å². The highest BCUT2D eigenvalue weighted by atomic mass is 16.7. The van der Waals surface area contributed by atoms with Crippen molar-refractivity contribution >= 4 is 5.91 Å². The van der Waals surface area contributed by atoms with Gasteiger partial charge >= 0.3 is 0 Å². The molecule has 0 spiro atoms. The summed E-state index contributed by atoms with van der Waals surface area (Å²) in [6, 6.07) is 6.99. The molecule has 0 radical (unpaired) electrons. The number of H-pyrrole nitrogens is 1. The Morgan fingerprint density at radius 1 is 1.36 bits per heavy atom. The molecule has 0 saturated carbocycles. The fourth-order valence-corrected chi connectivity index (χ4v) is 2.77. The van der Waals surface area contributed by atoms with Gasteiger partial charge in [0.2, 0.25) is 12.7 Å². The molecule has 0 unspecified atom stereocenters. The van der Waals surface area contributed by atoms with Crippen molar-refractivity contribution in [1.82, 2.24) is 20.4 Å². The number of methoxy groups -OCH3 is 1. The first kappa shape index (κ1) is 17.2. The lowest BCUT2D eigenvalue weighted by Crippen LogP contribution is -2.36. The van der Waals surface area contributed by atoms with E-state index in [4.69, 9.17) is 14.2 Å². The maximum Gasteiger partial charge on any atom is 0.242 e. The standard InChI is InChI=1S/C17H22N4O4/c1-21(2)16(11-4-5-14-15(6-11)25-10-24-14)17(22)18-8-12-7-13(9-23-3)20-19-12/h4-7,16H,8-10H2,1-3H3,(H,18,22)(H,19,20)/t16-/m1/s1. The van der Waals surface area contributed by atoms with Gasteiger partial charge in [-0.25, -0.2) is 0 Å². The fraction of sp³-hybridized carbons (Fsp3) is 0.412. The van der Waals surface area contributed by atoms with Gasteiger partial charge in [-0.3, -0.25) is 14.8 Å². The molecule has 1 aliphatic heterocycles. The molecule has 1 aromatic carbocycles. The summed E-state index contributed by atoms with van der Waals surface area (Å²) in [5, 5.41) is 9.95. The number of likely N-dealkylation sites (N-methyl/N-ethyl adjacent to an activating group) is 1. The number of rotatable bonds is 7. The van der Waals surface area contributed by atoms with Crippen molar-refractivity contribution < 1.29 is 19.0 Å². The Morgan fingerprint density at radius 3 is 2.92 bits per heavy atom. The summed E-state index contributed by atoms with van der Waals surface area (Å²) >= 11 is 0. The first-order chi connectivity index (χ1) is 12.1. The van der Waals surface area contributed by atoms with Gasteiger partial charge in [-0.1, -0.05) is 6.07 Å². The van der Waals surface area contributed by atoms with Crippen LogP contribution in [-0.2, 0) is 22.7 Å². The minimum Gasteiger partial charge on any atom is -0.454 e. The van der Waals surface area contributed by atoms with Crippen LogP contribution < -0.4 is 14.8 Å². The molecule has 1 amide bonds. The predicted molar refractivity (Wildman–Crippen MR) is 90.1 cm³/mol. The lowest BCUT2D eigenvalue weighted by molar-refractivity contribution is -0.126. The van der Waals surface area contributed by atoms with Crippen LogP contribution in [0, 0.1) is 0 Å². The Balaban J connectivity index is 1.68. The van der Waals surface area contributed by atoms with Gasteiger partial charge in [0.05, 0.1) is 24.5 Å². The predicted octanol–water partition coefficient (Wildman–Crippen LogP) is 1.20. The van der Waals surface area contributed by atoms with Crippen LogP contribution in [0.5, 0.6) is 11.5 Å². The molecule has 2 N–H and O–H groups in total. The number of carbonyl (C=O) groups excluding carboxylic acids is 1. The zero-order chi connectivity index (χ0) is 17.8. The summed E-state index contributed by atoms with van der Waals surface area (Å²) < 4.78 is 15.8. The normalized spacial score (nSPS) is 13.9. The van der Waals surface area contributed by atoms with E-state index in [0.29, 0.717) is 24.7 Å². The quantitative estimate of drug-likeness (QED) is 0.783. The smallest absolute Gasteiger partial charge is 0.242 e. The third-order valence-corrected chi connectivity index (χ3v) is 3.91. The van der Waals surface area contributed by atoms with E-state index in [1.54, 1.807) is 7.11 Å². The number of amides is 1. The van der Waals surface area contributed by atoms with E-state index in [-0.39, 0.29) is 12.7 Å². The highest BCUT2D eigenvalue weighted by Crippen LogP contribution is 2.35. The average molecular weight is 346 g/mol. The van der Waals surface area contributed by atoms with E-state index in [0.717, 1.165) is 17.0 Å². The Hall–Kier alpha value is -2.58. The molecular formula is C17H22N4O4. The molecule has 0 fully saturated rings. The van der Waals surface area contributed by atoms with E-state index in [1.807, 2.05) is 43.3 Å². The number of aromatic nitrogens is 2. The highest BCUT2D eigenvalue weighted by molar-refractivity contribution is 5.83. The van der Waals surface area contributed by atoms with Crippen molar-refractivity contribution in [3.8, 4) is 11.5 Å². The summed E-state index contributed by atoms with van der Waals surface area (Å²) in [6.45, 7) is 1.01. The van der Waals surface area contributed by atoms with Crippen molar-refractivity contribution in [3.63, 3.8) is 0 Å². The molecule has 134 valence electrons. The monoisotopic (exact) mass is 346 g/mol. The Morgan fingerprint density at radius 2 is 2.16 bits per heavy atom. The van der Waals surface area contributed by atoms with Gasteiger partial charge < -0.3 is 19.5 Å². The first-order valence-corrected chi connectivity index (χ1v) is 7.94. The number of benzene rings is 1. The molecular weight excluding hydrogens is 324 g/mol. The largest absolute Gasteiger partial charge is 0.454 e. The third kappa shape index (κ3) is 3.92. The molecule has 0 bridgehead atoms. The number of nitrogens with zero attached hydrogens (tertiary/aromatic N) is 2. The summed E-state index contributed by atoms with van der Waals surface area (Å²) in [4.78, 5) is 14.6. The van der Waals surface area contributed by atoms with E-state index in [1.165, 1.54) is 0 Å². The van der Waals surface area contributed by atoms with Crippen LogP contribution in [0.15, 0.2) is 24.3 Å². The van der Waals surface area contributed by atoms with Crippen molar-refractivity contribution in [2.45, 2.75) is 19.2 Å². The molecule has 2 aromatic rings. The SMILES string of the molecule is COCc1cc(CNC(=O)[C@@H](c2ccc3c(c2)OCO3)N(C)C)[nH]n1. The lowest BCUT2D eigenvalue weighted by Gasteiger charge is -2.24. The van der Waals surface area contributed by atoms with Gasteiger partial charge in [0.25, 0.3) is 0 Å². The van der Waals surface area contributed by atoms with Crippen LogP contribution in [0.1, 0.15) is 23.0 Å². The zero-order valence-electron chi connectivity index (χ0n) is 14.5. The number of hydrogen-bond acceptors (Lipinski definition) is 6. The zero-order valence-corrected chi connectivity index (χ0v) is 14.5. The third-order valence-electron chi connectivity index (χ3n) is 3.91. The average Bonchev–Trinajstić information content (AvgIpc) is 3.21. The second-order valence-electron chi connectivity index (χ2n) is 6.01. The lowest BCUT2D eigenvalue weighted by atomic mass is 10.0. The summed E-state index contributed by atoms with van der Waals surface area (Å²) in [5.74, 6) is 1.26. The first-order valence-electron chi connectivity index (χ1n) is 7.94. The van der Waals surface area contributed by atoms with Gasteiger partial charge in [0.1, 0.15) is 6.04 Å². The van der Waals surface area contributed by atoms with Gasteiger partial charge in [-0.05, 0) is 37.9 Å². The number of aromatic amines is 1. The molecule has 8 heteroatoms. The summed E-state index contributed by atoms with van der Waals surface area (Å²) in [7, 11) is 5.34. The molecule has 2 heterocycles. The molecule has 25 heavy (non-hydrogen) atoms. The van der Waals surface area contributed by atoms with Crippen molar-refractivity contribution in [1.29, 1.82) is 0 Å². The summed E-state index contributed by atoms with van der Waals surface area (Å²) in [6.07, 6.45) is 0. The highest BCUT2D eigenvalue weighted by Gasteiger charge is 2.25. The Bertz CT molecular complexity index is 744. The molecule has 1 aromatic heterocycles. The molecule has 8 nitrogen and oxygen atoms in total. The van der Waals surface area contributed by atoms with Gasteiger partial charge in [0, 0.05) is 7.11 Å². The second kappa shape index (κ2) is 7.54. The number of ether oxygens (including phenoxy) is 3. The molecule has 3 rings (SSSR count). The number of fused-ring (bicyclic) bond motifs is 1. The fourth-order valence-electron chi connectivity index (χ4n) is 2.77. The maximum absolute atomic E-state index is 12.7. The van der Waals surface area contributed by atoms with Crippen LogP contribution in [-0.4, -0.2) is 49.0 Å². The van der Waals surface area contributed by atoms with E-state index in [9.17, 15) is 4.79 Å². The van der Waals surface area contributed by atoms with Crippen LogP contribution in [0.3, 0.4) is 0 Å². The number of nitrogens with one attached hydrogen (secondary N) is 2. The van der Waals surface area contributed by atoms with Gasteiger partial charge in [-0.15, -0.1) is 0 Å². The number of carbonyl (C=O) groups is 1. The second-order valence-corrected chi connectivity index (χ2v) is 6.01. The molecule has 0 saturated heterocycles.